The normalized spacial score (nSPS) is 20.2. The van der Waals surface area contributed by atoms with E-state index in [4.69, 9.17) is 15.9 Å². The molecule has 2 N–H and O–H groups in total. The number of terminal acetylenes is 1. The molecule has 2 rings (SSSR count). The number of carbonyl (C=O) groups is 1. The molecule has 1 atom stereocenters. The standard InChI is InChI=1S/C17H22N2O3/c1-4-10-22-15-11-13(6-7-14(15)21-3)12-18-16(20)17(2)8-5-9-19-17/h1,6-7,11,19H,5,8-10,12H2,2-3H3,(H,18,20). The average molecular weight is 302 g/mol. The van der Waals surface area contributed by atoms with Crippen LogP contribution in [-0.4, -0.2) is 31.7 Å². The lowest BCUT2D eigenvalue weighted by Gasteiger charge is -2.23. The van der Waals surface area contributed by atoms with Crippen LogP contribution in [0, 0.1) is 12.3 Å². The SMILES string of the molecule is C#CCOc1cc(CNC(=O)C2(C)CCCN2)ccc1OC. The minimum absolute atomic E-state index is 0.0203. The van der Waals surface area contributed by atoms with Crippen LogP contribution in [0.3, 0.4) is 0 Å². The van der Waals surface area contributed by atoms with Gasteiger partial charge in [0.05, 0.1) is 12.6 Å². The fraction of sp³-hybridized carbons (Fsp3) is 0.471. The number of nitrogens with one attached hydrogen (secondary N) is 2. The van der Waals surface area contributed by atoms with Gasteiger partial charge in [0.2, 0.25) is 5.91 Å². The van der Waals surface area contributed by atoms with E-state index < -0.39 is 5.54 Å². The Morgan fingerprint density at radius 2 is 2.32 bits per heavy atom. The van der Waals surface area contributed by atoms with Crippen LogP contribution in [-0.2, 0) is 11.3 Å². The van der Waals surface area contributed by atoms with E-state index in [1.807, 2.05) is 25.1 Å². The Morgan fingerprint density at radius 1 is 1.50 bits per heavy atom. The fourth-order valence-corrected chi connectivity index (χ4v) is 2.53. The number of ether oxygens (including phenoxy) is 2. The van der Waals surface area contributed by atoms with Crippen molar-refractivity contribution in [2.24, 2.45) is 0 Å². The minimum Gasteiger partial charge on any atom is -0.493 e. The molecule has 1 aliphatic heterocycles. The molecule has 0 aromatic heterocycles. The van der Waals surface area contributed by atoms with Crippen molar-refractivity contribution in [2.75, 3.05) is 20.3 Å². The average Bonchev–Trinajstić information content (AvgIpc) is 2.98. The minimum atomic E-state index is -0.463. The zero-order valence-corrected chi connectivity index (χ0v) is 13.1. The first-order valence-corrected chi connectivity index (χ1v) is 7.35. The molecule has 0 aliphatic carbocycles. The van der Waals surface area contributed by atoms with E-state index in [9.17, 15) is 4.79 Å². The van der Waals surface area contributed by atoms with E-state index >= 15 is 0 Å². The topological polar surface area (TPSA) is 59.6 Å². The Bertz CT molecular complexity index is 572. The molecule has 5 heteroatoms. The third-order valence-electron chi connectivity index (χ3n) is 3.86. The summed E-state index contributed by atoms with van der Waals surface area (Å²) in [7, 11) is 1.58. The van der Waals surface area contributed by atoms with Crippen LogP contribution in [0.4, 0.5) is 0 Å². The maximum atomic E-state index is 12.3. The van der Waals surface area contributed by atoms with Crippen molar-refractivity contribution in [2.45, 2.75) is 31.8 Å². The fourth-order valence-electron chi connectivity index (χ4n) is 2.53. The summed E-state index contributed by atoms with van der Waals surface area (Å²) in [6.45, 7) is 3.43. The molecule has 0 spiro atoms. The third-order valence-corrected chi connectivity index (χ3v) is 3.86. The van der Waals surface area contributed by atoms with Gasteiger partial charge in [-0.1, -0.05) is 12.0 Å². The number of hydrogen-bond acceptors (Lipinski definition) is 4. The first-order chi connectivity index (χ1) is 10.6. The lowest BCUT2D eigenvalue weighted by Crippen LogP contribution is -2.50. The van der Waals surface area contributed by atoms with Gasteiger partial charge in [-0.15, -0.1) is 6.42 Å². The number of methoxy groups -OCH3 is 1. The smallest absolute Gasteiger partial charge is 0.240 e. The molecular formula is C17H22N2O3. The molecule has 0 saturated carbocycles. The monoisotopic (exact) mass is 302 g/mol. The summed E-state index contributed by atoms with van der Waals surface area (Å²) in [5, 5.41) is 6.21. The van der Waals surface area contributed by atoms with Gasteiger partial charge >= 0.3 is 0 Å². The molecule has 118 valence electrons. The molecule has 1 fully saturated rings. The van der Waals surface area contributed by atoms with Gasteiger partial charge < -0.3 is 20.1 Å². The molecule has 1 aromatic carbocycles. The Labute approximate surface area is 131 Å². The lowest BCUT2D eigenvalue weighted by atomic mass is 9.99. The predicted octanol–water partition coefficient (Wildman–Crippen LogP) is 1.47. The highest BCUT2D eigenvalue weighted by Gasteiger charge is 2.35. The molecule has 0 bridgehead atoms. The molecule has 5 nitrogen and oxygen atoms in total. The largest absolute Gasteiger partial charge is 0.493 e. The summed E-state index contributed by atoms with van der Waals surface area (Å²) < 4.78 is 10.7. The van der Waals surface area contributed by atoms with E-state index in [1.165, 1.54) is 0 Å². The quantitative estimate of drug-likeness (QED) is 0.781. The Morgan fingerprint density at radius 3 is 2.95 bits per heavy atom. The maximum absolute atomic E-state index is 12.3. The summed E-state index contributed by atoms with van der Waals surface area (Å²) in [6.07, 6.45) is 7.09. The first-order valence-electron chi connectivity index (χ1n) is 7.35. The number of amides is 1. The van der Waals surface area contributed by atoms with Crippen molar-refractivity contribution in [3.05, 3.63) is 23.8 Å². The predicted molar refractivity (Wildman–Crippen MR) is 84.8 cm³/mol. The highest BCUT2D eigenvalue weighted by Crippen LogP contribution is 2.28. The summed E-state index contributed by atoms with van der Waals surface area (Å²) in [5.41, 5.74) is 0.470. The van der Waals surface area contributed by atoms with Crippen LogP contribution >= 0.6 is 0 Å². The summed E-state index contributed by atoms with van der Waals surface area (Å²) in [6, 6.07) is 5.54. The van der Waals surface area contributed by atoms with Crippen molar-refractivity contribution in [1.82, 2.24) is 10.6 Å². The number of hydrogen-bond donors (Lipinski definition) is 2. The van der Waals surface area contributed by atoms with Gasteiger partial charge in [0.15, 0.2) is 11.5 Å². The van der Waals surface area contributed by atoms with E-state index in [0.717, 1.165) is 24.9 Å². The van der Waals surface area contributed by atoms with Crippen LogP contribution in [0.25, 0.3) is 0 Å². The van der Waals surface area contributed by atoms with Gasteiger partial charge in [-0.25, -0.2) is 0 Å². The van der Waals surface area contributed by atoms with Crippen LogP contribution < -0.4 is 20.1 Å². The highest BCUT2D eigenvalue weighted by molar-refractivity contribution is 5.86. The van der Waals surface area contributed by atoms with E-state index in [2.05, 4.69) is 16.6 Å². The second kappa shape index (κ2) is 7.19. The molecule has 1 heterocycles. The van der Waals surface area contributed by atoms with E-state index in [1.54, 1.807) is 7.11 Å². The molecule has 1 aromatic rings. The molecule has 1 amide bonds. The van der Waals surface area contributed by atoms with Gasteiger partial charge in [-0.3, -0.25) is 4.79 Å². The van der Waals surface area contributed by atoms with Gasteiger partial charge in [0, 0.05) is 6.54 Å². The van der Waals surface area contributed by atoms with Crippen LogP contribution in [0.15, 0.2) is 18.2 Å². The second-order valence-corrected chi connectivity index (χ2v) is 5.52. The van der Waals surface area contributed by atoms with Gasteiger partial charge in [0.1, 0.15) is 6.61 Å². The van der Waals surface area contributed by atoms with Crippen LogP contribution in [0.2, 0.25) is 0 Å². The summed E-state index contributed by atoms with van der Waals surface area (Å²) in [4.78, 5) is 12.3. The maximum Gasteiger partial charge on any atom is 0.240 e. The summed E-state index contributed by atoms with van der Waals surface area (Å²) in [5.74, 6) is 3.64. The lowest BCUT2D eigenvalue weighted by molar-refractivity contribution is -0.126. The molecule has 1 unspecified atom stereocenters. The summed E-state index contributed by atoms with van der Waals surface area (Å²) >= 11 is 0. The van der Waals surface area contributed by atoms with Gasteiger partial charge in [-0.2, -0.15) is 0 Å². The first kappa shape index (κ1) is 16.2. The van der Waals surface area contributed by atoms with Crippen molar-refractivity contribution < 1.29 is 14.3 Å². The van der Waals surface area contributed by atoms with Gasteiger partial charge in [-0.05, 0) is 44.0 Å². The number of benzene rings is 1. The molecular weight excluding hydrogens is 280 g/mol. The van der Waals surface area contributed by atoms with Crippen LogP contribution in [0.1, 0.15) is 25.3 Å². The van der Waals surface area contributed by atoms with E-state index in [0.29, 0.717) is 18.0 Å². The number of rotatable bonds is 6. The van der Waals surface area contributed by atoms with Crippen molar-refractivity contribution in [3.8, 4) is 23.8 Å². The Balaban J connectivity index is 2.00. The molecule has 1 aliphatic rings. The molecule has 1 saturated heterocycles. The number of carbonyl (C=O) groups excluding carboxylic acids is 1. The van der Waals surface area contributed by atoms with Crippen molar-refractivity contribution in [3.63, 3.8) is 0 Å². The van der Waals surface area contributed by atoms with Crippen LogP contribution in [0.5, 0.6) is 11.5 Å². The third kappa shape index (κ3) is 3.71. The molecule has 0 radical (unpaired) electrons. The highest BCUT2D eigenvalue weighted by atomic mass is 16.5. The van der Waals surface area contributed by atoms with Crippen molar-refractivity contribution in [1.29, 1.82) is 0 Å². The zero-order valence-electron chi connectivity index (χ0n) is 13.1. The Hall–Kier alpha value is -2.19. The zero-order chi connectivity index (χ0) is 16.0. The van der Waals surface area contributed by atoms with Crippen molar-refractivity contribution >= 4 is 5.91 Å². The second-order valence-electron chi connectivity index (χ2n) is 5.52. The van der Waals surface area contributed by atoms with Gasteiger partial charge in [0.25, 0.3) is 0 Å². The Kier molecular flexibility index (Phi) is 5.29. The van der Waals surface area contributed by atoms with E-state index in [-0.39, 0.29) is 12.5 Å². The molecule has 22 heavy (non-hydrogen) atoms.